The average molecular weight is 381 g/mol. The zero-order valence-electron chi connectivity index (χ0n) is 13.7. The Morgan fingerprint density at radius 2 is 1.88 bits per heavy atom. The molecule has 5 rings (SSSR count). The second-order valence-electron chi connectivity index (χ2n) is 7.13. The molecule has 0 radical (unpaired) electrons. The molecule has 0 spiro atoms. The van der Waals surface area contributed by atoms with E-state index in [4.69, 9.17) is 5.26 Å². The van der Waals surface area contributed by atoms with Crippen LogP contribution in [-0.2, 0) is 19.4 Å². The highest BCUT2D eigenvalue weighted by molar-refractivity contribution is 9.10. The Morgan fingerprint density at radius 3 is 2.62 bits per heavy atom. The predicted molar refractivity (Wildman–Crippen MR) is 99.6 cm³/mol. The van der Waals surface area contributed by atoms with Gasteiger partial charge in [-0.25, -0.2) is 0 Å². The standard InChI is InChI=1S/C21H21BrN2/c22-21-10-16(5-7-19(21)12-23)14-24-13-15-6-8-20(24)11-18-4-2-1-3-17(18)9-15/h1-5,7,10,15,20H,6,8-9,11,13-14H2/t15-,20+/m1/s1. The van der Waals surface area contributed by atoms with E-state index in [9.17, 15) is 0 Å². The van der Waals surface area contributed by atoms with Crippen LogP contribution in [0.5, 0.6) is 0 Å². The third kappa shape index (κ3) is 3.14. The summed E-state index contributed by atoms with van der Waals surface area (Å²) in [5.74, 6) is 0.768. The summed E-state index contributed by atoms with van der Waals surface area (Å²) in [6, 6.07) is 18.0. The average Bonchev–Trinajstić information content (AvgIpc) is 2.56. The molecule has 0 amide bonds. The minimum Gasteiger partial charge on any atom is -0.296 e. The molecule has 3 heteroatoms. The van der Waals surface area contributed by atoms with Gasteiger partial charge >= 0.3 is 0 Å². The number of halogens is 1. The van der Waals surface area contributed by atoms with E-state index in [0.717, 1.165) is 16.9 Å². The Balaban J connectivity index is 1.57. The Kier molecular flexibility index (Phi) is 4.43. The van der Waals surface area contributed by atoms with Gasteiger partial charge in [0, 0.05) is 23.6 Å². The molecular formula is C21H21BrN2. The normalized spacial score (nSPS) is 23.2. The van der Waals surface area contributed by atoms with Gasteiger partial charge in [-0.05, 0) is 76.4 Å². The van der Waals surface area contributed by atoms with E-state index in [1.165, 1.54) is 43.4 Å². The lowest BCUT2D eigenvalue weighted by atomic mass is 9.80. The van der Waals surface area contributed by atoms with Crippen LogP contribution < -0.4 is 0 Å². The number of hydrogen-bond donors (Lipinski definition) is 0. The first-order valence-electron chi connectivity index (χ1n) is 8.72. The van der Waals surface area contributed by atoms with Gasteiger partial charge in [-0.3, -0.25) is 4.90 Å². The molecule has 1 aliphatic carbocycles. The molecule has 3 aliphatic rings. The van der Waals surface area contributed by atoms with Crippen LogP contribution in [0.3, 0.4) is 0 Å². The molecule has 2 nitrogen and oxygen atoms in total. The van der Waals surface area contributed by atoms with Crippen LogP contribution in [0.2, 0.25) is 0 Å². The van der Waals surface area contributed by atoms with E-state index in [1.54, 1.807) is 5.56 Å². The van der Waals surface area contributed by atoms with E-state index in [2.05, 4.69) is 63.3 Å². The van der Waals surface area contributed by atoms with E-state index < -0.39 is 0 Å². The molecule has 2 heterocycles. The lowest BCUT2D eigenvalue weighted by Crippen LogP contribution is -2.46. The second-order valence-corrected chi connectivity index (χ2v) is 7.98. The number of hydrogen-bond acceptors (Lipinski definition) is 2. The van der Waals surface area contributed by atoms with Crippen LogP contribution in [0.15, 0.2) is 46.9 Å². The van der Waals surface area contributed by atoms with Crippen LogP contribution in [0, 0.1) is 17.2 Å². The lowest BCUT2D eigenvalue weighted by Gasteiger charge is -2.42. The fourth-order valence-electron chi connectivity index (χ4n) is 4.28. The van der Waals surface area contributed by atoms with Crippen molar-refractivity contribution in [1.82, 2.24) is 4.90 Å². The van der Waals surface area contributed by atoms with Gasteiger partial charge in [0.25, 0.3) is 0 Å². The first-order chi connectivity index (χ1) is 11.7. The van der Waals surface area contributed by atoms with Crippen molar-refractivity contribution in [2.45, 2.75) is 38.3 Å². The quantitative estimate of drug-likeness (QED) is 0.754. The molecule has 2 aromatic carbocycles. The number of nitrogens with zero attached hydrogens (tertiary/aromatic N) is 2. The van der Waals surface area contributed by atoms with Crippen molar-refractivity contribution >= 4 is 15.9 Å². The summed E-state index contributed by atoms with van der Waals surface area (Å²) >= 11 is 3.52. The monoisotopic (exact) mass is 380 g/mol. The largest absolute Gasteiger partial charge is 0.296 e. The lowest BCUT2D eigenvalue weighted by molar-refractivity contribution is 0.0938. The maximum Gasteiger partial charge on any atom is 0.100 e. The smallest absolute Gasteiger partial charge is 0.100 e. The summed E-state index contributed by atoms with van der Waals surface area (Å²) in [5.41, 5.74) is 5.10. The van der Waals surface area contributed by atoms with Crippen molar-refractivity contribution in [1.29, 1.82) is 5.26 Å². The minimum atomic E-state index is 0.636. The molecule has 0 N–H and O–H groups in total. The molecule has 1 fully saturated rings. The predicted octanol–water partition coefficient (Wildman–Crippen LogP) is 4.70. The van der Waals surface area contributed by atoms with Crippen molar-refractivity contribution in [3.05, 3.63) is 69.2 Å². The van der Waals surface area contributed by atoms with Gasteiger partial charge in [0.2, 0.25) is 0 Å². The molecular weight excluding hydrogens is 360 g/mol. The zero-order chi connectivity index (χ0) is 16.5. The molecule has 0 saturated carbocycles. The van der Waals surface area contributed by atoms with Gasteiger partial charge in [0.15, 0.2) is 0 Å². The highest BCUT2D eigenvalue weighted by Crippen LogP contribution is 2.33. The van der Waals surface area contributed by atoms with Gasteiger partial charge in [0.05, 0.1) is 5.56 Å². The topological polar surface area (TPSA) is 27.0 Å². The number of piperidine rings is 1. The SMILES string of the molecule is N#Cc1ccc(CN2C[C@@H]3CC[C@H]2Cc2ccccc2C3)cc1Br. The Hall–Kier alpha value is -1.63. The van der Waals surface area contributed by atoms with Crippen molar-refractivity contribution in [3.63, 3.8) is 0 Å². The Labute approximate surface area is 152 Å². The first kappa shape index (κ1) is 15.9. The summed E-state index contributed by atoms with van der Waals surface area (Å²) in [6.07, 6.45) is 5.04. The molecule has 2 aromatic rings. The molecule has 2 bridgehead atoms. The Morgan fingerprint density at radius 1 is 1.08 bits per heavy atom. The highest BCUT2D eigenvalue weighted by atomic mass is 79.9. The maximum absolute atomic E-state index is 9.09. The molecule has 2 aliphatic heterocycles. The third-order valence-electron chi connectivity index (χ3n) is 5.54. The fourth-order valence-corrected chi connectivity index (χ4v) is 4.79. The van der Waals surface area contributed by atoms with Crippen LogP contribution in [-0.4, -0.2) is 17.5 Å². The molecule has 2 atom stereocenters. The summed E-state index contributed by atoms with van der Waals surface area (Å²) in [7, 11) is 0. The van der Waals surface area contributed by atoms with Crippen LogP contribution >= 0.6 is 15.9 Å². The Bertz CT molecular complexity index is 793. The van der Waals surface area contributed by atoms with E-state index in [0.29, 0.717) is 11.6 Å². The third-order valence-corrected chi connectivity index (χ3v) is 6.20. The zero-order valence-corrected chi connectivity index (χ0v) is 15.3. The summed E-state index contributed by atoms with van der Waals surface area (Å²) in [5, 5.41) is 9.09. The minimum absolute atomic E-state index is 0.636. The molecule has 0 unspecified atom stereocenters. The number of benzene rings is 2. The summed E-state index contributed by atoms with van der Waals surface area (Å²) in [4.78, 5) is 2.66. The summed E-state index contributed by atoms with van der Waals surface area (Å²) in [6.45, 7) is 2.17. The van der Waals surface area contributed by atoms with E-state index in [-0.39, 0.29) is 0 Å². The van der Waals surface area contributed by atoms with Gasteiger partial charge in [-0.1, -0.05) is 30.3 Å². The molecule has 1 saturated heterocycles. The van der Waals surface area contributed by atoms with Crippen LogP contribution in [0.4, 0.5) is 0 Å². The van der Waals surface area contributed by atoms with Crippen molar-refractivity contribution < 1.29 is 0 Å². The number of rotatable bonds is 2. The maximum atomic E-state index is 9.09. The van der Waals surface area contributed by atoms with Crippen molar-refractivity contribution in [2.24, 2.45) is 5.92 Å². The van der Waals surface area contributed by atoms with Crippen molar-refractivity contribution in [3.8, 4) is 6.07 Å². The van der Waals surface area contributed by atoms with Crippen LogP contribution in [0.1, 0.15) is 35.1 Å². The van der Waals surface area contributed by atoms with Gasteiger partial charge in [-0.2, -0.15) is 5.26 Å². The fraction of sp³-hybridized carbons (Fsp3) is 0.381. The first-order valence-corrected chi connectivity index (χ1v) is 9.51. The summed E-state index contributed by atoms with van der Waals surface area (Å²) < 4.78 is 0.907. The van der Waals surface area contributed by atoms with Crippen LogP contribution in [0.25, 0.3) is 0 Å². The van der Waals surface area contributed by atoms with E-state index in [1.807, 2.05) is 6.07 Å². The molecule has 0 aromatic heterocycles. The highest BCUT2D eigenvalue weighted by Gasteiger charge is 2.31. The number of nitriles is 1. The second kappa shape index (κ2) is 6.70. The number of fused-ring (bicyclic) bond motifs is 2. The van der Waals surface area contributed by atoms with Crippen molar-refractivity contribution in [2.75, 3.05) is 6.54 Å². The molecule has 122 valence electrons. The van der Waals surface area contributed by atoms with Gasteiger partial charge in [0.1, 0.15) is 6.07 Å². The van der Waals surface area contributed by atoms with E-state index >= 15 is 0 Å². The van der Waals surface area contributed by atoms with Gasteiger partial charge in [-0.15, -0.1) is 0 Å². The molecule has 24 heavy (non-hydrogen) atoms. The van der Waals surface area contributed by atoms with Gasteiger partial charge < -0.3 is 0 Å².